The molecule has 0 N–H and O–H groups in total. The van der Waals surface area contributed by atoms with E-state index in [9.17, 15) is 0 Å². The molecule has 1 fully saturated rings. The van der Waals surface area contributed by atoms with Crippen LogP contribution in [0.4, 0.5) is 0 Å². The van der Waals surface area contributed by atoms with Crippen molar-refractivity contribution in [3.8, 4) is 0 Å². The first-order chi connectivity index (χ1) is 5.29. The van der Waals surface area contributed by atoms with E-state index in [0.717, 1.165) is 5.92 Å². The zero-order valence-electron chi connectivity index (χ0n) is 7.38. The van der Waals surface area contributed by atoms with Crippen LogP contribution in [-0.4, -0.2) is 0 Å². The van der Waals surface area contributed by atoms with Crippen LogP contribution in [0.5, 0.6) is 0 Å². The van der Waals surface area contributed by atoms with Crippen molar-refractivity contribution in [2.24, 2.45) is 5.92 Å². The van der Waals surface area contributed by atoms with E-state index in [1.165, 1.54) is 18.4 Å². The Kier molecular flexibility index (Phi) is 3.15. The smallest absolute Gasteiger partial charge is 0.0398 e. The Hall–Kier alpha value is -0.780. The maximum Gasteiger partial charge on any atom is -0.0398 e. The zero-order chi connectivity index (χ0) is 8.10. The van der Waals surface area contributed by atoms with Gasteiger partial charge in [0.1, 0.15) is 0 Å². The standard InChI is InChI=1S/C7H8.C4H8/c1-7-5-3-2-4-6-7;1-4-2-3-4/h2-6H,1H3;4H,2-3H2,1H3. The van der Waals surface area contributed by atoms with Gasteiger partial charge in [-0.1, -0.05) is 55.7 Å². The molecule has 0 spiro atoms. The topological polar surface area (TPSA) is 0 Å². The van der Waals surface area contributed by atoms with Gasteiger partial charge in [0.15, 0.2) is 0 Å². The predicted octanol–water partition coefficient (Wildman–Crippen LogP) is 3.41. The molecule has 0 saturated heterocycles. The molecule has 0 unspecified atom stereocenters. The minimum atomic E-state index is 1.08. The van der Waals surface area contributed by atoms with E-state index < -0.39 is 0 Å². The third-order valence-electron chi connectivity index (χ3n) is 1.81. The third kappa shape index (κ3) is 4.60. The largest absolute Gasteiger partial charge is 0.0625 e. The van der Waals surface area contributed by atoms with Crippen molar-refractivity contribution < 1.29 is 0 Å². The minimum Gasteiger partial charge on any atom is -0.0625 e. The molecule has 1 aliphatic carbocycles. The molecule has 0 amide bonds. The molecule has 2 rings (SSSR count). The zero-order valence-corrected chi connectivity index (χ0v) is 7.38. The molecule has 1 aliphatic rings. The molecule has 1 aromatic carbocycles. The van der Waals surface area contributed by atoms with Crippen molar-refractivity contribution in [3.63, 3.8) is 0 Å². The van der Waals surface area contributed by atoms with Crippen LogP contribution in [0.2, 0.25) is 0 Å². The summed E-state index contributed by atoms with van der Waals surface area (Å²) in [5.41, 5.74) is 1.32. The highest BCUT2D eigenvalue weighted by atomic mass is 14.2. The number of hydrogen-bond acceptors (Lipinski definition) is 0. The lowest BCUT2D eigenvalue weighted by Gasteiger charge is -1.82. The van der Waals surface area contributed by atoms with Crippen molar-refractivity contribution in [2.45, 2.75) is 26.7 Å². The highest BCUT2D eigenvalue weighted by Crippen LogP contribution is 2.26. The number of benzene rings is 1. The first kappa shape index (κ1) is 8.32. The van der Waals surface area contributed by atoms with Crippen LogP contribution in [0.15, 0.2) is 30.3 Å². The van der Waals surface area contributed by atoms with Crippen LogP contribution in [-0.2, 0) is 0 Å². The van der Waals surface area contributed by atoms with Gasteiger partial charge in [0.25, 0.3) is 0 Å². The van der Waals surface area contributed by atoms with Crippen LogP contribution >= 0.6 is 0 Å². The molecule has 0 atom stereocenters. The fraction of sp³-hybridized carbons (Fsp3) is 0.455. The van der Waals surface area contributed by atoms with E-state index in [-0.39, 0.29) is 0 Å². The van der Waals surface area contributed by atoms with Gasteiger partial charge in [-0.25, -0.2) is 0 Å². The number of aryl methyl sites for hydroxylation is 1. The molecule has 0 heterocycles. The monoisotopic (exact) mass is 148 g/mol. The highest BCUT2D eigenvalue weighted by molar-refractivity contribution is 5.11. The van der Waals surface area contributed by atoms with Gasteiger partial charge in [0.05, 0.1) is 0 Å². The van der Waals surface area contributed by atoms with Crippen LogP contribution in [0.25, 0.3) is 0 Å². The lowest BCUT2D eigenvalue weighted by Crippen LogP contribution is -1.62. The lowest BCUT2D eigenvalue weighted by atomic mass is 10.2. The van der Waals surface area contributed by atoms with E-state index in [1.54, 1.807) is 0 Å². The summed E-state index contributed by atoms with van der Waals surface area (Å²) >= 11 is 0. The summed E-state index contributed by atoms with van der Waals surface area (Å²) in [4.78, 5) is 0. The Balaban J connectivity index is 0.000000128. The Morgan fingerprint density at radius 1 is 1.09 bits per heavy atom. The average Bonchev–Trinajstić information content (AvgIpc) is 2.75. The number of hydrogen-bond donors (Lipinski definition) is 0. The molecule has 0 nitrogen and oxygen atoms in total. The van der Waals surface area contributed by atoms with Gasteiger partial charge >= 0.3 is 0 Å². The predicted molar refractivity (Wildman–Crippen MR) is 49.6 cm³/mol. The Labute approximate surface area is 69.3 Å². The van der Waals surface area contributed by atoms with Gasteiger partial charge < -0.3 is 0 Å². The summed E-state index contributed by atoms with van der Waals surface area (Å²) in [7, 11) is 0. The van der Waals surface area contributed by atoms with Gasteiger partial charge in [-0.2, -0.15) is 0 Å². The molecule has 1 aromatic rings. The van der Waals surface area contributed by atoms with Gasteiger partial charge in [-0.3, -0.25) is 0 Å². The van der Waals surface area contributed by atoms with Crippen LogP contribution < -0.4 is 0 Å². The molecule has 1 saturated carbocycles. The van der Waals surface area contributed by atoms with E-state index in [0.29, 0.717) is 0 Å². The van der Waals surface area contributed by atoms with Gasteiger partial charge in [-0.15, -0.1) is 0 Å². The third-order valence-corrected chi connectivity index (χ3v) is 1.81. The highest BCUT2D eigenvalue weighted by Gasteiger charge is 2.12. The van der Waals surface area contributed by atoms with Crippen LogP contribution in [0, 0.1) is 12.8 Å². The van der Waals surface area contributed by atoms with E-state index >= 15 is 0 Å². The molecule has 11 heavy (non-hydrogen) atoms. The second kappa shape index (κ2) is 4.17. The van der Waals surface area contributed by atoms with Crippen molar-refractivity contribution >= 4 is 0 Å². The summed E-state index contributed by atoms with van der Waals surface area (Å²) in [6.45, 7) is 4.36. The van der Waals surface area contributed by atoms with E-state index in [2.05, 4.69) is 26.0 Å². The summed E-state index contributed by atoms with van der Waals surface area (Å²) in [6.07, 6.45) is 2.97. The summed E-state index contributed by atoms with van der Waals surface area (Å²) in [6, 6.07) is 10.3. The summed E-state index contributed by atoms with van der Waals surface area (Å²) in [5.74, 6) is 1.08. The van der Waals surface area contributed by atoms with Gasteiger partial charge in [-0.05, 0) is 12.8 Å². The first-order valence-corrected chi connectivity index (χ1v) is 4.30. The Morgan fingerprint density at radius 2 is 1.55 bits per heavy atom. The molecule has 0 aliphatic heterocycles. The second-order valence-electron chi connectivity index (χ2n) is 3.34. The summed E-state index contributed by atoms with van der Waals surface area (Å²) < 4.78 is 0. The molecule has 0 aromatic heterocycles. The van der Waals surface area contributed by atoms with Crippen molar-refractivity contribution in [1.82, 2.24) is 0 Å². The van der Waals surface area contributed by atoms with E-state index in [4.69, 9.17) is 0 Å². The van der Waals surface area contributed by atoms with Crippen molar-refractivity contribution in [2.75, 3.05) is 0 Å². The molecular weight excluding hydrogens is 132 g/mol. The molecule has 0 bridgehead atoms. The quantitative estimate of drug-likeness (QED) is 0.529. The average molecular weight is 148 g/mol. The van der Waals surface area contributed by atoms with Crippen molar-refractivity contribution in [1.29, 1.82) is 0 Å². The maximum absolute atomic E-state index is 2.28. The fourth-order valence-electron chi connectivity index (χ4n) is 0.701. The van der Waals surface area contributed by atoms with Crippen molar-refractivity contribution in [3.05, 3.63) is 35.9 Å². The van der Waals surface area contributed by atoms with Crippen LogP contribution in [0.3, 0.4) is 0 Å². The van der Waals surface area contributed by atoms with E-state index in [1.807, 2.05) is 18.2 Å². The summed E-state index contributed by atoms with van der Waals surface area (Å²) in [5, 5.41) is 0. The SMILES string of the molecule is CC1CC1.Cc1ccccc1. The first-order valence-electron chi connectivity index (χ1n) is 4.30. The minimum absolute atomic E-state index is 1.08. The second-order valence-corrected chi connectivity index (χ2v) is 3.34. The molecule has 0 radical (unpaired) electrons. The lowest BCUT2D eigenvalue weighted by molar-refractivity contribution is 0.983. The van der Waals surface area contributed by atoms with Gasteiger partial charge in [0, 0.05) is 0 Å². The van der Waals surface area contributed by atoms with Crippen LogP contribution in [0.1, 0.15) is 25.3 Å². The Bertz CT molecular complexity index is 184. The molecular formula is C11H16. The van der Waals surface area contributed by atoms with Gasteiger partial charge in [0.2, 0.25) is 0 Å². The molecule has 0 heteroatoms. The Morgan fingerprint density at radius 3 is 1.73 bits per heavy atom. The normalized spacial score (nSPS) is 15.1. The number of rotatable bonds is 0. The fourth-order valence-corrected chi connectivity index (χ4v) is 0.701. The molecule has 60 valence electrons. The maximum atomic E-state index is 2.28.